The summed E-state index contributed by atoms with van der Waals surface area (Å²) in [6.07, 6.45) is 5.75. The summed E-state index contributed by atoms with van der Waals surface area (Å²) in [4.78, 5) is 11.5. The largest absolute Gasteiger partial charge is 0.382 e. The van der Waals surface area contributed by atoms with Crippen molar-refractivity contribution in [3.63, 3.8) is 0 Å². The first-order valence-corrected chi connectivity index (χ1v) is 7.81. The first-order valence-electron chi connectivity index (χ1n) is 7.81. The van der Waals surface area contributed by atoms with Gasteiger partial charge in [0.2, 0.25) is 5.91 Å². The lowest BCUT2D eigenvalue weighted by atomic mass is 9.86. The number of carbonyl (C=O) groups excluding carboxylic acids is 1. The molecule has 0 radical (unpaired) electrons. The molecule has 3 heteroatoms. The topological polar surface area (TPSA) is 41.1 Å². The van der Waals surface area contributed by atoms with Crippen molar-refractivity contribution in [1.29, 1.82) is 0 Å². The normalized spacial score (nSPS) is 22.3. The fourth-order valence-corrected chi connectivity index (χ4v) is 2.91. The van der Waals surface area contributed by atoms with Gasteiger partial charge in [0.05, 0.1) is 6.42 Å². The molecule has 0 heterocycles. The minimum absolute atomic E-state index is 0.0918. The van der Waals surface area contributed by atoms with Gasteiger partial charge in [0.1, 0.15) is 0 Å². The number of likely N-dealkylation sites (N-methyl/N-ethyl adjacent to an activating group) is 1. The quantitative estimate of drug-likeness (QED) is 0.864. The van der Waals surface area contributed by atoms with Crippen molar-refractivity contribution in [2.24, 2.45) is 5.92 Å². The molecule has 1 saturated carbocycles. The van der Waals surface area contributed by atoms with Gasteiger partial charge in [-0.05, 0) is 43.4 Å². The van der Waals surface area contributed by atoms with Crippen molar-refractivity contribution in [1.82, 2.24) is 5.32 Å². The van der Waals surface area contributed by atoms with E-state index in [9.17, 15) is 4.79 Å². The maximum atomic E-state index is 11.5. The molecule has 0 aromatic heterocycles. The van der Waals surface area contributed by atoms with Crippen molar-refractivity contribution in [2.75, 3.05) is 11.9 Å². The Morgan fingerprint density at radius 3 is 2.55 bits per heavy atom. The van der Waals surface area contributed by atoms with Gasteiger partial charge in [0, 0.05) is 18.3 Å². The van der Waals surface area contributed by atoms with Gasteiger partial charge >= 0.3 is 0 Å². The van der Waals surface area contributed by atoms with Gasteiger partial charge in [0.15, 0.2) is 0 Å². The Morgan fingerprint density at radius 1 is 1.20 bits per heavy atom. The number of hydrogen-bond donors (Lipinski definition) is 2. The zero-order valence-electron chi connectivity index (χ0n) is 12.6. The van der Waals surface area contributed by atoms with Gasteiger partial charge in [-0.2, -0.15) is 0 Å². The molecule has 1 fully saturated rings. The number of carbonyl (C=O) groups is 1. The standard InChI is InChI=1S/C17H26N2O/c1-3-18-17(20)12-14-8-10-15(11-9-14)19-16-7-5-4-6-13(16)2/h8-11,13,16,19H,3-7,12H2,1-2H3,(H,18,20). The summed E-state index contributed by atoms with van der Waals surface area (Å²) in [6.45, 7) is 4.97. The van der Waals surface area contributed by atoms with Crippen LogP contribution in [0.3, 0.4) is 0 Å². The van der Waals surface area contributed by atoms with Gasteiger partial charge < -0.3 is 10.6 Å². The fraction of sp³-hybridized carbons (Fsp3) is 0.588. The van der Waals surface area contributed by atoms with Crippen LogP contribution in [0.15, 0.2) is 24.3 Å². The molecule has 1 amide bonds. The molecule has 2 atom stereocenters. The van der Waals surface area contributed by atoms with Crippen molar-refractivity contribution in [2.45, 2.75) is 52.0 Å². The predicted octanol–water partition coefficient (Wildman–Crippen LogP) is 3.36. The third-order valence-electron chi connectivity index (χ3n) is 4.16. The first-order chi connectivity index (χ1) is 9.69. The SMILES string of the molecule is CCNC(=O)Cc1ccc(NC2CCCCC2C)cc1. The molecule has 1 aliphatic rings. The second-order valence-corrected chi connectivity index (χ2v) is 5.84. The molecule has 1 aromatic carbocycles. The highest BCUT2D eigenvalue weighted by molar-refractivity contribution is 5.78. The number of benzene rings is 1. The minimum Gasteiger partial charge on any atom is -0.382 e. The van der Waals surface area contributed by atoms with Crippen LogP contribution in [0.5, 0.6) is 0 Å². The van der Waals surface area contributed by atoms with Crippen molar-refractivity contribution in [3.05, 3.63) is 29.8 Å². The first kappa shape index (κ1) is 14.9. The smallest absolute Gasteiger partial charge is 0.224 e. The summed E-state index contributed by atoms with van der Waals surface area (Å²) >= 11 is 0. The Morgan fingerprint density at radius 2 is 1.90 bits per heavy atom. The maximum Gasteiger partial charge on any atom is 0.224 e. The van der Waals surface area contributed by atoms with Gasteiger partial charge in [-0.15, -0.1) is 0 Å². The lowest BCUT2D eigenvalue weighted by Gasteiger charge is -2.30. The Bertz CT molecular complexity index is 427. The third-order valence-corrected chi connectivity index (χ3v) is 4.16. The monoisotopic (exact) mass is 274 g/mol. The molecule has 110 valence electrons. The van der Waals surface area contributed by atoms with E-state index in [1.54, 1.807) is 0 Å². The van der Waals surface area contributed by atoms with E-state index in [-0.39, 0.29) is 5.91 Å². The lowest BCUT2D eigenvalue weighted by Crippen LogP contribution is -2.30. The second kappa shape index (κ2) is 7.32. The molecule has 1 aliphatic carbocycles. The Labute approximate surface area is 122 Å². The van der Waals surface area contributed by atoms with Crippen molar-refractivity contribution < 1.29 is 4.79 Å². The van der Waals surface area contributed by atoms with Crippen LogP contribution in [0.2, 0.25) is 0 Å². The highest BCUT2D eigenvalue weighted by Crippen LogP contribution is 2.26. The summed E-state index contributed by atoms with van der Waals surface area (Å²) in [5, 5.41) is 6.46. The molecule has 0 aliphatic heterocycles. The summed E-state index contributed by atoms with van der Waals surface area (Å²) in [7, 11) is 0. The van der Waals surface area contributed by atoms with E-state index in [0.717, 1.165) is 11.5 Å². The van der Waals surface area contributed by atoms with Gasteiger partial charge in [-0.3, -0.25) is 4.79 Å². The van der Waals surface area contributed by atoms with Crippen molar-refractivity contribution >= 4 is 11.6 Å². The highest BCUT2D eigenvalue weighted by Gasteiger charge is 2.20. The molecule has 0 bridgehead atoms. The van der Waals surface area contributed by atoms with Crippen LogP contribution in [0.1, 0.15) is 45.1 Å². The maximum absolute atomic E-state index is 11.5. The zero-order valence-corrected chi connectivity index (χ0v) is 12.6. The van der Waals surface area contributed by atoms with Gasteiger partial charge in [-0.1, -0.05) is 31.9 Å². The number of hydrogen-bond acceptors (Lipinski definition) is 2. The average Bonchev–Trinajstić information content (AvgIpc) is 2.44. The van der Waals surface area contributed by atoms with Crippen LogP contribution >= 0.6 is 0 Å². The molecule has 0 saturated heterocycles. The zero-order chi connectivity index (χ0) is 14.4. The number of rotatable bonds is 5. The second-order valence-electron chi connectivity index (χ2n) is 5.84. The van der Waals surface area contributed by atoms with E-state index in [4.69, 9.17) is 0 Å². The van der Waals surface area contributed by atoms with E-state index >= 15 is 0 Å². The molecular weight excluding hydrogens is 248 g/mol. The summed E-state index contributed by atoms with van der Waals surface area (Å²) in [5.74, 6) is 0.841. The Hall–Kier alpha value is -1.51. The van der Waals surface area contributed by atoms with Crippen LogP contribution in [0, 0.1) is 5.92 Å². The molecule has 2 N–H and O–H groups in total. The third kappa shape index (κ3) is 4.26. The predicted molar refractivity (Wildman–Crippen MR) is 83.9 cm³/mol. The van der Waals surface area contributed by atoms with Crippen LogP contribution in [-0.2, 0) is 11.2 Å². The molecule has 20 heavy (non-hydrogen) atoms. The summed E-state index contributed by atoms with van der Waals surface area (Å²) in [6, 6.07) is 8.88. The van der Waals surface area contributed by atoms with Gasteiger partial charge in [0.25, 0.3) is 0 Å². The Kier molecular flexibility index (Phi) is 5.45. The molecule has 1 aromatic rings. The van der Waals surface area contributed by atoms with E-state index in [1.165, 1.54) is 31.4 Å². The number of amides is 1. The summed E-state index contributed by atoms with van der Waals surface area (Å²) in [5.41, 5.74) is 2.24. The average molecular weight is 274 g/mol. The lowest BCUT2D eigenvalue weighted by molar-refractivity contribution is -0.120. The van der Waals surface area contributed by atoms with E-state index < -0.39 is 0 Å². The summed E-state index contributed by atoms with van der Waals surface area (Å²) < 4.78 is 0. The van der Waals surface area contributed by atoms with E-state index in [1.807, 2.05) is 19.1 Å². The number of anilines is 1. The van der Waals surface area contributed by atoms with Crippen LogP contribution in [0.25, 0.3) is 0 Å². The van der Waals surface area contributed by atoms with Crippen molar-refractivity contribution in [3.8, 4) is 0 Å². The van der Waals surface area contributed by atoms with Gasteiger partial charge in [-0.25, -0.2) is 0 Å². The minimum atomic E-state index is 0.0918. The molecule has 2 unspecified atom stereocenters. The molecule has 2 rings (SSSR count). The molecular formula is C17H26N2O. The fourth-order valence-electron chi connectivity index (χ4n) is 2.91. The number of nitrogens with one attached hydrogen (secondary N) is 2. The molecule has 3 nitrogen and oxygen atoms in total. The molecule has 0 spiro atoms. The Balaban J connectivity index is 1.89. The van der Waals surface area contributed by atoms with E-state index in [2.05, 4.69) is 29.7 Å². The van der Waals surface area contributed by atoms with Crippen LogP contribution in [0.4, 0.5) is 5.69 Å². The van der Waals surface area contributed by atoms with E-state index in [0.29, 0.717) is 19.0 Å². The van der Waals surface area contributed by atoms with Crippen LogP contribution in [-0.4, -0.2) is 18.5 Å². The van der Waals surface area contributed by atoms with Crippen LogP contribution < -0.4 is 10.6 Å². The highest BCUT2D eigenvalue weighted by atomic mass is 16.1.